The molecule has 0 saturated carbocycles. The average Bonchev–Trinajstić information content (AvgIpc) is 2.41. The zero-order valence-electron chi connectivity index (χ0n) is 10.3. The molecule has 0 aliphatic heterocycles. The SMILES string of the molecule is COc1cccc(-n2nc(C)c(CO)cc2=O)c1. The summed E-state index contributed by atoms with van der Waals surface area (Å²) in [7, 11) is 1.56. The lowest BCUT2D eigenvalue weighted by Gasteiger charge is -2.09. The van der Waals surface area contributed by atoms with Crippen molar-refractivity contribution < 1.29 is 9.84 Å². The van der Waals surface area contributed by atoms with Crippen LogP contribution in [0, 0.1) is 6.92 Å². The molecule has 1 aromatic carbocycles. The summed E-state index contributed by atoms with van der Waals surface area (Å²) in [6, 6.07) is 8.48. The Balaban J connectivity index is 2.57. The maximum atomic E-state index is 11.9. The van der Waals surface area contributed by atoms with E-state index in [1.807, 2.05) is 0 Å². The lowest BCUT2D eigenvalue weighted by molar-refractivity contribution is 0.279. The van der Waals surface area contributed by atoms with Crippen LogP contribution < -0.4 is 10.3 Å². The molecule has 0 aliphatic carbocycles. The molecule has 94 valence electrons. The number of aliphatic hydroxyl groups excluding tert-OH is 1. The van der Waals surface area contributed by atoms with Gasteiger partial charge in [-0.1, -0.05) is 6.07 Å². The maximum absolute atomic E-state index is 11.9. The quantitative estimate of drug-likeness (QED) is 0.879. The van der Waals surface area contributed by atoms with Gasteiger partial charge in [0.25, 0.3) is 5.56 Å². The highest BCUT2D eigenvalue weighted by Crippen LogP contribution is 2.14. The highest BCUT2D eigenvalue weighted by atomic mass is 16.5. The standard InChI is InChI=1S/C13H14N2O3/c1-9-10(8-16)6-13(17)15(14-9)11-4-3-5-12(7-11)18-2/h3-7,16H,8H2,1-2H3. The van der Waals surface area contributed by atoms with Crippen LogP contribution in [-0.4, -0.2) is 22.0 Å². The van der Waals surface area contributed by atoms with Gasteiger partial charge in [0.15, 0.2) is 0 Å². The van der Waals surface area contributed by atoms with Crippen molar-refractivity contribution in [2.45, 2.75) is 13.5 Å². The van der Waals surface area contributed by atoms with Crippen LogP contribution in [0.2, 0.25) is 0 Å². The summed E-state index contributed by atoms with van der Waals surface area (Å²) in [5, 5.41) is 13.3. The predicted octanol–water partition coefficient (Wildman–Crippen LogP) is 1.04. The Labute approximate surface area is 104 Å². The van der Waals surface area contributed by atoms with Crippen molar-refractivity contribution in [3.05, 3.63) is 51.9 Å². The first-order valence-electron chi connectivity index (χ1n) is 5.51. The molecular formula is C13H14N2O3. The summed E-state index contributed by atoms with van der Waals surface area (Å²) in [5.74, 6) is 0.657. The summed E-state index contributed by atoms with van der Waals surface area (Å²) >= 11 is 0. The molecule has 0 fully saturated rings. The number of nitrogens with zero attached hydrogens (tertiary/aromatic N) is 2. The van der Waals surface area contributed by atoms with Gasteiger partial charge in [0, 0.05) is 17.7 Å². The highest BCUT2D eigenvalue weighted by Gasteiger charge is 2.07. The van der Waals surface area contributed by atoms with Crippen molar-refractivity contribution >= 4 is 0 Å². The van der Waals surface area contributed by atoms with Crippen LogP contribution in [0.15, 0.2) is 35.1 Å². The van der Waals surface area contributed by atoms with Gasteiger partial charge in [-0.25, -0.2) is 0 Å². The van der Waals surface area contributed by atoms with E-state index in [4.69, 9.17) is 9.84 Å². The van der Waals surface area contributed by atoms with E-state index in [2.05, 4.69) is 5.10 Å². The van der Waals surface area contributed by atoms with Crippen molar-refractivity contribution in [1.82, 2.24) is 9.78 Å². The molecule has 1 N–H and O–H groups in total. The molecule has 18 heavy (non-hydrogen) atoms. The number of hydrogen-bond acceptors (Lipinski definition) is 4. The van der Waals surface area contributed by atoms with Gasteiger partial charge in [-0.3, -0.25) is 4.79 Å². The second-order valence-corrected chi connectivity index (χ2v) is 3.86. The Kier molecular flexibility index (Phi) is 3.43. The fourth-order valence-electron chi connectivity index (χ4n) is 1.67. The van der Waals surface area contributed by atoms with Gasteiger partial charge in [-0.05, 0) is 19.1 Å². The van der Waals surface area contributed by atoms with Crippen LogP contribution in [-0.2, 0) is 6.61 Å². The Hall–Kier alpha value is -2.14. The van der Waals surface area contributed by atoms with Crippen molar-refractivity contribution in [2.75, 3.05) is 7.11 Å². The first kappa shape index (κ1) is 12.3. The van der Waals surface area contributed by atoms with Gasteiger partial charge in [0.05, 0.1) is 25.1 Å². The van der Waals surface area contributed by atoms with Crippen LogP contribution in [0.25, 0.3) is 5.69 Å². The third-order valence-corrected chi connectivity index (χ3v) is 2.69. The second kappa shape index (κ2) is 5.01. The number of benzene rings is 1. The number of methoxy groups -OCH3 is 1. The number of ether oxygens (including phenoxy) is 1. The van der Waals surface area contributed by atoms with Gasteiger partial charge in [0.2, 0.25) is 0 Å². The molecule has 0 atom stereocenters. The van der Waals surface area contributed by atoms with Crippen LogP contribution >= 0.6 is 0 Å². The summed E-state index contributed by atoms with van der Waals surface area (Å²) in [6.45, 7) is 1.56. The van der Waals surface area contributed by atoms with E-state index in [1.54, 1.807) is 38.3 Å². The molecule has 0 radical (unpaired) electrons. The van der Waals surface area contributed by atoms with Gasteiger partial charge in [-0.15, -0.1) is 0 Å². The number of aliphatic hydroxyl groups is 1. The molecule has 0 unspecified atom stereocenters. The van der Waals surface area contributed by atoms with E-state index in [-0.39, 0.29) is 12.2 Å². The second-order valence-electron chi connectivity index (χ2n) is 3.86. The van der Waals surface area contributed by atoms with Gasteiger partial charge in [-0.2, -0.15) is 9.78 Å². The summed E-state index contributed by atoms with van der Waals surface area (Å²) in [5.41, 5.74) is 1.52. The molecule has 0 saturated heterocycles. The minimum atomic E-state index is -0.280. The average molecular weight is 246 g/mol. The van der Waals surface area contributed by atoms with E-state index < -0.39 is 0 Å². The summed E-state index contributed by atoms with van der Waals surface area (Å²) in [4.78, 5) is 11.9. The Morgan fingerprint density at radius 2 is 2.17 bits per heavy atom. The monoisotopic (exact) mass is 246 g/mol. The Morgan fingerprint density at radius 1 is 1.39 bits per heavy atom. The topological polar surface area (TPSA) is 64.3 Å². The number of rotatable bonds is 3. The zero-order valence-corrected chi connectivity index (χ0v) is 10.3. The van der Waals surface area contributed by atoms with E-state index in [0.717, 1.165) is 0 Å². The van der Waals surface area contributed by atoms with Gasteiger partial charge >= 0.3 is 0 Å². The largest absolute Gasteiger partial charge is 0.497 e. The highest BCUT2D eigenvalue weighted by molar-refractivity contribution is 5.38. The fraction of sp³-hybridized carbons (Fsp3) is 0.231. The third kappa shape index (κ3) is 2.26. The smallest absolute Gasteiger partial charge is 0.271 e. The van der Waals surface area contributed by atoms with Crippen molar-refractivity contribution in [3.63, 3.8) is 0 Å². The Morgan fingerprint density at radius 3 is 2.83 bits per heavy atom. The van der Waals surface area contributed by atoms with E-state index in [9.17, 15) is 4.79 Å². The van der Waals surface area contributed by atoms with E-state index >= 15 is 0 Å². The van der Waals surface area contributed by atoms with Crippen LogP contribution in [0.1, 0.15) is 11.3 Å². The van der Waals surface area contributed by atoms with Crippen LogP contribution in [0.4, 0.5) is 0 Å². The maximum Gasteiger partial charge on any atom is 0.271 e. The third-order valence-electron chi connectivity index (χ3n) is 2.69. The normalized spacial score (nSPS) is 10.4. The number of hydrogen-bond donors (Lipinski definition) is 1. The van der Waals surface area contributed by atoms with Gasteiger partial charge in [0.1, 0.15) is 5.75 Å². The lowest BCUT2D eigenvalue weighted by atomic mass is 10.2. The predicted molar refractivity (Wildman–Crippen MR) is 67.0 cm³/mol. The molecule has 0 bridgehead atoms. The number of aromatic nitrogens is 2. The van der Waals surface area contributed by atoms with E-state index in [1.165, 1.54) is 10.7 Å². The van der Waals surface area contributed by atoms with Gasteiger partial charge < -0.3 is 9.84 Å². The van der Waals surface area contributed by atoms with E-state index in [0.29, 0.717) is 22.7 Å². The molecule has 2 rings (SSSR count). The first-order chi connectivity index (χ1) is 8.65. The molecule has 0 amide bonds. The first-order valence-corrected chi connectivity index (χ1v) is 5.51. The molecule has 2 aromatic rings. The molecule has 5 heteroatoms. The molecule has 1 aromatic heterocycles. The molecule has 5 nitrogen and oxygen atoms in total. The van der Waals surface area contributed by atoms with Crippen LogP contribution in [0.3, 0.4) is 0 Å². The number of aryl methyl sites for hydroxylation is 1. The summed E-state index contributed by atoms with van der Waals surface area (Å²) in [6.07, 6.45) is 0. The molecule has 0 spiro atoms. The van der Waals surface area contributed by atoms with Crippen LogP contribution in [0.5, 0.6) is 5.75 Å². The molecule has 1 heterocycles. The molecular weight excluding hydrogens is 232 g/mol. The minimum Gasteiger partial charge on any atom is -0.497 e. The Bertz CT molecular complexity index is 620. The van der Waals surface area contributed by atoms with Crippen molar-refractivity contribution in [2.24, 2.45) is 0 Å². The minimum absolute atomic E-state index is 0.187. The fourth-order valence-corrected chi connectivity index (χ4v) is 1.67. The molecule has 0 aliphatic rings. The van der Waals surface area contributed by atoms with Crippen molar-refractivity contribution in [3.8, 4) is 11.4 Å². The summed E-state index contributed by atoms with van der Waals surface area (Å²) < 4.78 is 6.40. The van der Waals surface area contributed by atoms with Crippen molar-refractivity contribution in [1.29, 1.82) is 0 Å². The zero-order chi connectivity index (χ0) is 13.1. The lowest BCUT2D eigenvalue weighted by Crippen LogP contribution is -2.22.